The third-order valence-corrected chi connectivity index (χ3v) is 5.23. The minimum atomic E-state index is -0.502. The van der Waals surface area contributed by atoms with E-state index in [4.69, 9.17) is 9.15 Å². The lowest BCUT2D eigenvalue weighted by Crippen LogP contribution is -2.01. The first-order chi connectivity index (χ1) is 14.9. The molecule has 0 atom stereocenters. The van der Waals surface area contributed by atoms with E-state index in [9.17, 15) is 15.2 Å². The number of anilines is 1. The molecule has 9 heteroatoms. The average molecular weight is 484 g/mol. The zero-order chi connectivity index (χ0) is 22.0. The summed E-state index contributed by atoms with van der Waals surface area (Å²) in [5.74, 6) is 1.23. The van der Waals surface area contributed by atoms with Crippen molar-refractivity contribution in [2.75, 3.05) is 11.9 Å². The summed E-state index contributed by atoms with van der Waals surface area (Å²) in [6, 6.07) is 15.5. The summed E-state index contributed by atoms with van der Waals surface area (Å²) < 4.78 is 11.6. The first-order valence-electron chi connectivity index (χ1n) is 9.48. The number of hydrogen-bond acceptors (Lipinski definition) is 7. The molecule has 1 heterocycles. The molecule has 1 aromatic heterocycles. The number of nitro benzene ring substituents is 1. The summed E-state index contributed by atoms with van der Waals surface area (Å²) in [6.07, 6.45) is 0. The molecule has 2 N–H and O–H groups in total. The number of halogens is 1. The molecule has 158 valence electrons. The predicted molar refractivity (Wildman–Crippen MR) is 120 cm³/mol. The van der Waals surface area contributed by atoms with Gasteiger partial charge in [-0.2, -0.15) is 0 Å². The summed E-state index contributed by atoms with van der Waals surface area (Å²) in [5.41, 5.74) is 3.17. The smallest absolute Gasteiger partial charge is 0.271 e. The van der Waals surface area contributed by atoms with E-state index in [2.05, 4.69) is 26.2 Å². The van der Waals surface area contributed by atoms with Crippen LogP contribution in [0.3, 0.4) is 0 Å². The van der Waals surface area contributed by atoms with E-state index in [-0.39, 0.29) is 22.5 Å². The number of nitrogens with one attached hydrogen (secondary N) is 1. The number of benzene rings is 3. The Kier molecular flexibility index (Phi) is 5.77. The zero-order valence-electron chi connectivity index (χ0n) is 16.5. The van der Waals surface area contributed by atoms with Gasteiger partial charge in [0.05, 0.1) is 16.0 Å². The molecule has 3 aromatic carbocycles. The van der Waals surface area contributed by atoms with Crippen LogP contribution in [-0.2, 0) is 6.54 Å². The molecule has 0 spiro atoms. The van der Waals surface area contributed by atoms with Crippen LogP contribution in [-0.4, -0.2) is 21.6 Å². The molecule has 31 heavy (non-hydrogen) atoms. The molecule has 0 saturated carbocycles. The van der Waals surface area contributed by atoms with Crippen molar-refractivity contribution in [3.8, 4) is 23.0 Å². The van der Waals surface area contributed by atoms with Gasteiger partial charge < -0.3 is 19.6 Å². The fourth-order valence-electron chi connectivity index (χ4n) is 3.10. The highest BCUT2D eigenvalue weighted by Gasteiger charge is 2.15. The molecule has 0 radical (unpaired) electrons. The summed E-state index contributed by atoms with van der Waals surface area (Å²) in [4.78, 5) is 15.1. The molecule has 0 aliphatic rings. The molecule has 8 nitrogen and oxygen atoms in total. The first-order valence-corrected chi connectivity index (χ1v) is 10.3. The summed E-state index contributed by atoms with van der Waals surface area (Å²) in [6.45, 7) is 2.73. The van der Waals surface area contributed by atoms with Gasteiger partial charge in [0.25, 0.3) is 5.69 Å². The highest BCUT2D eigenvalue weighted by molar-refractivity contribution is 9.10. The van der Waals surface area contributed by atoms with Gasteiger partial charge in [-0.1, -0.05) is 0 Å². The second-order valence-corrected chi connectivity index (χ2v) is 7.56. The number of rotatable bonds is 7. The van der Waals surface area contributed by atoms with Gasteiger partial charge in [-0.25, -0.2) is 4.98 Å². The number of nitrogens with zero attached hydrogens (tertiary/aromatic N) is 2. The van der Waals surface area contributed by atoms with Crippen LogP contribution in [0.2, 0.25) is 0 Å². The number of aromatic hydroxyl groups is 1. The number of fused-ring (bicyclic) bond motifs is 1. The number of phenolic OH excluding ortho intramolecular Hbond substituents is 1. The topological polar surface area (TPSA) is 111 Å². The van der Waals surface area contributed by atoms with Crippen molar-refractivity contribution >= 4 is 38.4 Å². The SMILES string of the molecule is CCOc1ccc(-c2nc3cc(NCc4cc([N+](=O)[O-])cc(Br)c4O)ccc3o2)cc1. The van der Waals surface area contributed by atoms with E-state index in [0.29, 0.717) is 29.2 Å². The van der Waals surface area contributed by atoms with Crippen molar-refractivity contribution in [3.05, 3.63) is 74.7 Å². The largest absolute Gasteiger partial charge is 0.506 e. The van der Waals surface area contributed by atoms with Crippen LogP contribution < -0.4 is 10.1 Å². The van der Waals surface area contributed by atoms with Crippen LogP contribution in [0.1, 0.15) is 12.5 Å². The van der Waals surface area contributed by atoms with Gasteiger partial charge in [-0.3, -0.25) is 10.1 Å². The van der Waals surface area contributed by atoms with Gasteiger partial charge in [0.15, 0.2) is 5.58 Å². The van der Waals surface area contributed by atoms with Crippen molar-refractivity contribution in [2.24, 2.45) is 0 Å². The molecule has 4 rings (SSSR count). The Morgan fingerprint density at radius 3 is 2.68 bits per heavy atom. The van der Waals surface area contributed by atoms with Crippen LogP contribution in [0.4, 0.5) is 11.4 Å². The fourth-order valence-corrected chi connectivity index (χ4v) is 3.59. The van der Waals surface area contributed by atoms with Gasteiger partial charge in [-0.15, -0.1) is 0 Å². The molecule has 0 saturated heterocycles. The zero-order valence-corrected chi connectivity index (χ0v) is 18.0. The number of aromatic nitrogens is 1. The third-order valence-electron chi connectivity index (χ3n) is 4.62. The van der Waals surface area contributed by atoms with Gasteiger partial charge in [0.1, 0.15) is 17.0 Å². The number of oxazole rings is 1. The van der Waals surface area contributed by atoms with Crippen LogP contribution in [0.15, 0.2) is 63.5 Å². The lowest BCUT2D eigenvalue weighted by Gasteiger charge is -2.09. The van der Waals surface area contributed by atoms with Crippen LogP contribution in [0, 0.1) is 10.1 Å². The molecule has 0 amide bonds. The third kappa shape index (κ3) is 4.46. The molecular formula is C22H18BrN3O5. The lowest BCUT2D eigenvalue weighted by molar-refractivity contribution is -0.385. The Hall–Kier alpha value is -3.59. The van der Waals surface area contributed by atoms with Crippen molar-refractivity contribution in [2.45, 2.75) is 13.5 Å². The number of non-ortho nitro benzene ring substituents is 1. The van der Waals surface area contributed by atoms with Crippen molar-refractivity contribution < 1.29 is 19.2 Å². The quantitative estimate of drug-likeness (QED) is 0.249. The highest BCUT2D eigenvalue weighted by atomic mass is 79.9. The van der Waals surface area contributed by atoms with E-state index in [0.717, 1.165) is 17.0 Å². The van der Waals surface area contributed by atoms with E-state index in [1.165, 1.54) is 12.1 Å². The molecule has 0 aliphatic heterocycles. The number of nitro groups is 1. The van der Waals surface area contributed by atoms with E-state index in [1.54, 1.807) is 6.07 Å². The molecule has 0 aliphatic carbocycles. The fraction of sp³-hybridized carbons (Fsp3) is 0.136. The number of phenols is 1. The molecule has 4 aromatic rings. The van der Waals surface area contributed by atoms with Crippen molar-refractivity contribution in [3.63, 3.8) is 0 Å². The second-order valence-electron chi connectivity index (χ2n) is 6.70. The van der Waals surface area contributed by atoms with Crippen LogP contribution >= 0.6 is 15.9 Å². The first kappa shape index (κ1) is 20.7. The van der Waals surface area contributed by atoms with Gasteiger partial charge in [-0.05, 0) is 65.3 Å². The van der Waals surface area contributed by atoms with E-state index in [1.807, 2.05) is 43.3 Å². The maximum Gasteiger partial charge on any atom is 0.271 e. The lowest BCUT2D eigenvalue weighted by atomic mass is 10.1. The summed E-state index contributed by atoms with van der Waals surface area (Å²) in [5, 5.41) is 24.4. The Bertz CT molecular complexity index is 1250. The normalized spacial score (nSPS) is 10.9. The summed E-state index contributed by atoms with van der Waals surface area (Å²) in [7, 11) is 0. The average Bonchev–Trinajstić information content (AvgIpc) is 3.18. The van der Waals surface area contributed by atoms with E-state index < -0.39 is 4.92 Å². The standard InChI is InChI=1S/C22H18BrN3O5/c1-2-30-17-6-3-13(4-7-17)22-25-19-10-15(5-8-20(19)31-22)24-12-14-9-16(26(28)29)11-18(23)21(14)27/h3-11,24,27H,2,12H2,1H3. The second kappa shape index (κ2) is 8.65. The predicted octanol–water partition coefficient (Wildman–Crippen LogP) is 5.88. The monoisotopic (exact) mass is 483 g/mol. The minimum Gasteiger partial charge on any atom is -0.506 e. The highest BCUT2D eigenvalue weighted by Crippen LogP contribution is 2.33. The van der Waals surface area contributed by atoms with Crippen LogP contribution in [0.5, 0.6) is 11.5 Å². The molecule has 0 bridgehead atoms. The van der Waals surface area contributed by atoms with E-state index >= 15 is 0 Å². The number of hydrogen-bond donors (Lipinski definition) is 2. The Balaban J connectivity index is 1.54. The van der Waals surface area contributed by atoms with Gasteiger partial charge in [0.2, 0.25) is 5.89 Å². The molecule has 0 unspecified atom stereocenters. The van der Waals surface area contributed by atoms with Gasteiger partial charge >= 0.3 is 0 Å². The van der Waals surface area contributed by atoms with Gasteiger partial charge in [0, 0.05) is 35.5 Å². The van der Waals surface area contributed by atoms with Crippen molar-refractivity contribution in [1.82, 2.24) is 4.98 Å². The van der Waals surface area contributed by atoms with Crippen LogP contribution in [0.25, 0.3) is 22.6 Å². The minimum absolute atomic E-state index is 0.0431. The molecular weight excluding hydrogens is 466 g/mol. The van der Waals surface area contributed by atoms with Crippen molar-refractivity contribution in [1.29, 1.82) is 0 Å². The molecule has 0 fully saturated rings. The number of ether oxygens (including phenoxy) is 1. The Labute approximate surface area is 185 Å². The maximum atomic E-state index is 11.1. The summed E-state index contributed by atoms with van der Waals surface area (Å²) >= 11 is 3.15. The Morgan fingerprint density at radius 1 is 1.19 bits per heavy atom. The maximum absolute atomic E-state index is 11.1. The Morgan fingerprint density at radius 2 is 1.97 bits per heavy atom.